The molecule has 1 saturated heterocycles. The van der Waals surface area contributed by atoms with Crippen LogP contribution >= 0.6 is 0 Å². The molecule has 1 aliphatic heterocycles. The second kappa shape index (κ2) is 6.88. The molecule has 1 atom stereocenters. The van der Waals surface area contributed by atoms with Gasteiger partial charge in [-0.1, -0.05) is 12.1 Å². The number of aromatic nitrogens is 2. The van der Waals surface area contributed by atoms with E-state index in [0.717, 1.165) is 12.8 Å². The summed E-state index contributed by atoms with van der Waals surface area (Å²) in [5.41, 5.74) is 1.47. The fourth-order valence-electron chi connectivity index (χ4n) is 3.38. The molecule has 28 heavy (non-hydrogen) atoms. The SMILES string of the molecule is Cc1cccc([N+](=O)[O-])c1S(=O)(=O)Nc1ccc2nc(C3CCCO3)[nH]c2c1. The lowest BCUT2D eigenvalue weighted by molar-refractivity contribution is -0.387. The Bertz CT molecular complexity index is 1170. The van der Waals surface area contributed by atoms with Gasteiger partial charge >= 0.3 is 0 Å². The molecule has 1 aromatic heterocycles. The van der Waals surface area contributed by atoms with Gasteiger partial charge in [-0.25, -0.2) is 13.4 Å². The molecule has 0 radical (unpaired) electrons. The van der Waals surface area contributed by atoms with Crippen LogP contribution in [-0.2, 0) is 14.8 Å². The molecule has 10 heteroatoms. The van der Waals surface area contributed by atoms with Gasteiger partial charge in [0, 0.05) is 12.7 Å². The Balaban J connectivity index is 1.68. The van der Waals surface area contributed by atoms with Crippen molar-refractivity contribution < 1.29 is 18.1 Å². The molecule has 0 aliphatic carbocycles. The first-order chi connectivity index (χ1) is 13.3. The van der Waals surface area contributed by atoms with Gasteiger partial charge in [-0.15, -0.1) is 0 Å². The summed E-state index contributed by atoms with van der Waals surface area (Å²) in [6, 6.07) is 9.03. The van der Waals surface area contributed by atoms with Crippen LogP contribution in [0.5, 0.6) is 0 Å². The number of imidazole rings is 1. The summed E-state index contributed by atoms with van der Waals surface area (Å²) < 4.78 is 33.7. The number of rotatable bonds is 5. The summed E-state index contributed by atoms with van der Waals surface area (Å²) in [7, 11) is -4.15. The number of nitro benzene ring substituents is 1. The summed E-state index contributed by atoms with van der Waals surface area (Å²) in [6.07, 6.45) is 1.78. The number of nitrogens with one attached hydrogen (secondary N) is 2. The summed E-state index contributed by atoms with van der Waals surface area (Å²) in [5.74, 6) is 0.710. The molecular weight excluding hydrogens is 384 g/mol. The third-order valence-corrected chi connectivity index (χ3v) is 6.22. The van der Waals surface area contributed by atoms with Crippen molar-refractivity contribution >= 4 is 32.4 Å². The van der Waals surface area contributed by atoms with Crippen LogP contribution in [0.3, 0.4) is 0 Å². The average Bonchev–Trinajstić information content (AvgIpc) is 3.29. The minimum absolute atomic E-state index is 0.0813. The van der Waals surface area contributed by atoms with Crippen molar-refractivity contribution in [1.29, 1.82) is 0 Å². The maximum absolute atomic E-state index is 12.8. The lowest BCUT2D eigenvalue weighted by Gasteiger charge is -2.10. The molecule has 1 fully saturated rings. The molecule has 1 unspecified atom stereocenters. The van der Waals surface area contributed by atoms with Gasteiger partial charge in [-0.2, -0.15) is 0 Å². The number of hydrogen-bond acceptors (Lipinski definition) is 6. The van der Waals surface area contributed by atoms with Crippen molar-refractivity contribution in [3.8, 4) is 0 Å². The van der Waals surface area contributed by atoms with Crippen LogP contribution in [0.4, 0.5) is 11.4 Å². The lowest BCUT2D eigenvalue weighted by Crippen LogP contribution is -2.16. The summed E-state index contributed by atoms with van der Waals surface area (Å²) in [5, 5.41) is 11.3. The number of aryl methyl sites for hydroxylation is 1. The zero-order chi connectivity index (χ0) is 19.9. The van der Waals surface area contributed by atoms with Gasteiger partial charge in [0.2, 0.25) is 0 Å². The molecular formula is C18H18N4O5S. The van der Waals surface area contributed by atoms with Crippen LogP contribution in [0, 0.1) is 17.0 Å². The topological polar surface area (TPSA) is 127 Å². The zero-order valence-electron chi connectivity index (χ0n) is 15.0. The number of H-pyrrole nitrogens is 1. The minimum atomic E-state index is -4.15. The Morgan fingerprint density at radius 3 is 2.86 bits per heavy atom. The Labute approximate surface area is 160 Å². The highest BCUT2D eigenvalue weighted by molar-refractivity contribution is 7.93. The van der Waals surface area contributed by atoms with Crippen LogP contribution in [-0.4, -0.2) is 29.9 Å². The standard InChI is InChI=1S/C18H18N4O5S/c1-11-4-2-5-15(22(23)24)17(11)28(25,26)21-12-7-8-13-14(10-12)20-18(19-13)16-6-3-9-27-16/h2,4-5,7-8,10,16,21H,3,6,9H2,1H3,(H,19,20). The molecule has 2 heterocycles. The highest BCUT2D eigenvalue weighted by atomic mass is 32.2. The van der Waals surface area contributed by atoms with Gasteiger partial charge in [0.1, 0.15) is 11.9 Å². The molecule has 2 aromatic carbocycles. The molecule has 0 bridgehead atoms. The number of nitro groups is 1. The number of aromatic amines is 1. The second-order valence-electron chi connectivity index (χ2n) is 6.64. The predicted molar refractivity (Wildman–Crippen MR) is 103 cm³/mol. The Hall–Kier alpha value is -2.98. The van der Waals surface area contributed by atoms with Crippen molar-refractivity contribution in [3.05, 3.63) is 57.9 Å². The third-order valence-electron chi connectivity index (χ3n) is 4.64. The first kappa shape index (κ1) is 18.4. The van der Waals surface area contributed by atoms with E-state index in [2.05, 4.69) is 14.7 Å². The largest absolute Gasteiger partial charge is 0.370 e. The van der Waals surface area contributed by atoms with E-state index < -0.39 is 20.6 Å². The summed E-state index contributed by atoms with van der Waals surface area (Å²) in [6.45, 7) is 2.22. The molecule has 146 valence electrons. The maximum atomic E-state index is 12.8. The van der Waals surface area contributed by atoms with Crippen LogP contribution in [0.1, 0.15) is 30.3 Å². The smallest absolute Gasteiger partial charge is 0.290 e. The monoisotopic (exact) mass is 402 g/mol. The number of benzene rings is 2. The van der Waals surface area contributed by atoms with Crippen molar-refractivity contribution in [2.24, 2.45) is 0 Å². The third kappa shape index (κ3) is 3.32. The highest BCUT2D eigenvalue weighted by Gasteiger charge is 2.28. The van der Waals surface area contributed by atoms with E-state index in [-0.39, 0.29) is 16.7 Å². The van der Waals surface area contributed by atoms with Gasteiger partial charge in [0.05, 0.1) is 21.6 Å². The fourth-order valence-corrected chi connectivity index (χ4v) is 4.82. The summed E-state index contributed by atoms with van der Waals surface area (Å²) >= 11 is 0. The molecule has 3 aromatic rings. The molecule has 0 spiro atoms. The molecule has 2 N–H and O–H groups in total. The first-order valence-corrected chi connectivity index (χ1v) is 10.2. The molecule has 0 amide bonds. The van der Waals surface area contributed by atoms with Crippen molar-refractivity contribution in [2.45, 2.75) is 30.8 Å². The van der Waals surface area contributed by atoms with Crippen LogP contribution < -0.4 is 4.72 Å². The highest BCUT2D eigenvalue weighted by Crippen LogP contribution is 2.31. The average molecular weight is 402 g/mol. The fraction of sp³-hybridized carbons (Fsp3) is 0.278. The van der Waals surface area contributed by atoms with Crippen molar-refractivity contribution in [2.75, 3.05) is 11.3 Å². The van der Waals surface area contributed by atoms with E-state index in [4.69, 9.17) is 4.74 Å². The van der Waals surface area contributed by atoms with Crippen LogP contribution in [0.15, 0.2) is 41.3 Å². The maximum Gasteiger partial charge on any atom is 0.290 e. The second-order valence-corrected chi connectivity index (χ2v) is 8.26. The number of hydrogen-bond donors (Lipinski definition) is 2. The van der Waals surface area contributed by atoms with E-state index in [9.17, 15) is 18.5 Å². The Morgan fingerprint density at radius 2 is 2.14 bits per heavy atom. The van der Waals surface area contributed by atoms with E-state index in [0.29, 0.717) is 29.0 Å². The number of nitrogens with zero attached hydrogens (tertiary/aromatic N) is 2. The van der Waals surface area contributed by atoms with Crippen molar-refractivity contribution in [1.82, 2.24) is 9.97 Å². The summed E-state index contributed by atoms with van der Waals surface area (Å²) in [4.78, 5) is 17.9. The predicted octanol–water partition coefficient (Wildman–Crippen LogP) is 3.43. The quantitative estimate of drug-likeness (QED) is 0.497. The molecule has 9 nitrogen and oxygen atoms in total. The van der Waals surface area contributed by atoms with Gasteiger partial charge in [-0.3, -0.25) is 14.8 Å². The van der Waals surface area contributed by atoms with Gasteiger partial charge in [-0.05, 0) is 43.5 Å². The van der Waals surface area contributed by atoms with Crippen molar-refractivity contribution in [3.63, 3.8) is 0 Å². The van der Waals surface area contributed by atoms with Crippen LogP contribution in [0.25, 0.3) is 11.0 Å². The van der Waals surface area contributed by atoms with Gasteiger partial charge in [0.25, 0.3) is 15.7 Å². The molecule has 4 rings (SSSR count). The number of fused-ring (bicyclic) bond motifs is 1. The molecule has 1 aliphatic rings. The van der Waals surface area contributed by atoms with Gasteiger partial charge in [0.15, 0.2) is 4.90 Å². The van der Waals surface area contributed by atoms with Crippen LogP contribution in [0.2, 0.25) is 0 Å². The van der Waals surface area contributed by atoms with Gasteiger partial charge < -0.3 is 9.72 Å². The number of ether oxygens (including phenoxy) is 1. The lowest BCUT2D eigenvalue weighted by atomic mass is 10.2. The Kier molecular flexibility index (Phi) is 4.52. The Morgan fingerprint density at radius 1 is 1.32 bits per heavy atom. The number of anilines is 1. The van der Waals surface area contributed by atoms with E-state index in [1.165, 1.54) is 25.1 Å². The van der Waals surface area contributed by atoms with E-state index in [1.54, 1.807) is 18.2 Å². The zero-order valence-corrected chi connectivity index (χ0v) is 15.8. The van der Waals surface area contributed by atoms with E-state index in [1.807, 2.05) is 0 Å². The molecule has 0 saturated carbocycles. The first-order valence-electron chi connectivity index (χ1n) is 8.73. The normalized spacial score (nSPS) is 17.1. The number of sulfonamides is 1. The minimum Gasteiger partial charge on any atom is -0.370 e. The van der Waals surface area contributed by atoms with E-state index >= 15 is 0 Å².